The van der Waals surface area contributed by atoms with Gasteiger partial charge in [-0.2, -0.15) is 0 Å². The van der Waals surface area contributed by atoms with Crippen molar-refractivity contribution in [3.05, 3.63) is 75.2 Å². The second-order valence-corrected chi connectivity index (χ2v) is 10.6. The van der Waals surface area contributed by atoms with Gasteiger partial charge in [-0.3, -0.25) is 15.0 Å². The predicted molar refractivity (Wildman–Crippen MR) is 159 cm³/mol. The van der Waals surface area contributed by atoms with E-state index >= 15 is 4.39 Å². The Morgan fingerprint density at radius 2 is 1.77 bits per heavy atom. The average Bonchev–Trinajstić information content (AvgIpc) is 3.81. The number of methoxy groups -OCH3 is 1. The summed E-state index contributed by atoms with van der Waals surface area (Å²) in [5.41, 5.74) is 0.852. The first-order valence-corrected chi connectivity index (χ1v) is 14.6. The summed E-state index contributed by atoms with van der Waals surface area (Å²) in [6.45, 7) is 7.54. The van der Waals surface area contributed by atoms with Crippen molar-refractivity contribution in [2.45, 2.75) is 58.8 Å². The maximum atomic E-state index is 15.9. The summed E-state index contributed by atoms with van der Waals surface area (Å²) < 4.78 is 31.6. The average molecular weight is 599 g/mol. The number of rotatable bonds is 13. The number of hydrogen-bond acceptors (Lipinski definition) is 10. The molecule has 232 valence electrons. The molecule has 2 aromatic carbocycles. The summed E-state index contributed by atoms with van der Waals surface area (Å²) in [4.78, 5) is 43.1. The molecule has 1 unspecified atom stereocenters. The van der Waals surface area contributed by atoms with Crippen LogP contribution in [0.25, 0.3) is 0 Å². The van der Waals surface area contributed by atoms with Crippen LogP contribution < -0.4 is 9.80 Å². The molecule has 4 rings (SSSR count). The van der Waals surface area contributed by atoms with Gasteiger partial charge in [-0.05, 0) is 39.2 Å². The van der Waals surface area contributed by atoms with Crippen molar-refractivity contribution in [2.24, 2.45) is 0 Å². The molecule has 1 saturated carbocycles. The largest absolute Gasteiger partial charge is 0.462 e. The maximum absolute atomic E-state index is 15.9. The van der Waals surface area contributed by atoms with Gasteiger partial charge in [0.15, 0.2) is 11.4 Å². The third-order valence-corrected chi connectivity index (χ3v) is 7.56. The summed E-state index contributed by atoms with van der Waals surface area (Å²) in [5.74, 6) is -2.55. The number of nitro groups is 1. The summed E-state index contributed by atoms with van der Waals surface area (Å²) in [5, 5.41) is 12.3. The minimum absolute atomic E-state index is 0.0171. The number of hydrogen-bond donors (Lipinski definition) is 0. The molecule has 0 radical (unpaired) electrons. The molecule has 2 aromatic rings. The summed E-state index contributed by atoms with van der Waals surface area (Å²) in [6, 6.07) is 10.8. The van der Waals surface area contributed by atoms with Crippen LogP contribution in [0.3, 0.4) is 0 Å². The Hall–Kier alpha value is -4.03. The number of esters is 2. The van der Waals surface area contributed by atoms with Crippen LogP contribution in [-0.2, 0) is 37.0 Å². The number of carbonyl (C=O) groups excluding carboxylic acids is 2. The van der Waals surface area contributed by atoms with Gasteiger partial charge in [-0.25, -0.2) is 14.0 Å². The van der Waals surface area contributed by atoms with Crippen LogP contribution in [0.15, 0.2) is 48.2 Å². The molecule has 1 heterocycles. The smallest absolute Gasteiger partial charge is 0.347 e. The molecule has 12 heteroatoms. The van der Waals surface area contributed by atoms with E-state index in [1.165, 1.54) is 23.8 Å². The highest BCUT2D eigenvalue weighted by Crippen LogP contribution is 2.45. The standard InChI is InChI=1S/C31H39FN4O7/c1-5-42-30(37)24(31(38)43-6-2)19-35(23-12-13-23)29-25(20-41-4)28(26(32)16-27(29)36(39)40)34-15-14-33(21(3)17-34)18-22-10-8-7-9-11-22/h7-11,16,19,21,23H,5-6,12-15,17-18,20H2,1-4H3. The summed E-state index contributed by atoms with van der Waals surface area (Å²) >= 11 is 0. The number of anilines is 2. The molecular weight excluding hydrogens is 559 g/mol. The fourth-order valence-corrected chi connectivity index (χ4v) is 5.42. The Bertz CT molecular complexity index is 1330. The minimum Gasteiger partial charge on any atom is -0.462 e. The van der Waals surface area contributed by atoms with Crippen LogP contribution >= 0.6 is 0 Å². The first kappa shape index (κ1) is 31.9. The molecule has 0 N–H and O–H groups in total. The molecule has 11 nitrogen and oxygen atoms in total. The van der Waals surface area contributed by atoms with Gasteiger partial charge in [-0.15, -0.1) is 0 Å². The second kappa shape index (κ2) is 14.4. The lowest BCUT2D eigenvalue weighted by Gasteiger charge is -2.42. The number of ether oxygens (including phenoxy) is 3. The van der Waals surface area contributed by atoms with Crippen molar-refractivity contribution in [2.75, 3.05) is 49.8 Å². The molecular formula is C31H39FN4O7. The van der Waals surface area contributed by atoms with E-state index in [4.69, 9.17) is 14.2 Å². The lowest BCUT2D eigenvalue weighted by Crippen LogP contribution is -2.52. The van der Waals surface area contributed by atoms with Gasteiger partial charge in [0, 0.05) is 57.1 Å². The highest BCUT2D eigenvalue weighted by molar-refractivity contribution is 6.14. The zero-order valence-electron chi connectivity index (χ0n) is 25.1. The molecule has 1 saturated heterocycles. The number of benzene rings is 2. The van der Waals surface area contributed by atoms with E-state index in [-0.39, 0.29) is 48.8 Å². The fraction of sp³-hybridized carbons (Fsp3) is 0.484. The van der Waals surface area contributed by atoms with Gasteiger partial charge in [0.05, 0.1) is 36.5 Å². The number of nitro benzene ring substituents is 1. The Morgan fingerprint density at radius 3 is 2.30 bits per heavy atom. The quantitative estimate of drug-likeness (QED) is 0.0811. The van der Waals surface area contributed by atoms with Gasteiger partial charge in [0.25, 0.3) is 5.69 Å². The maximum Gasteiger partial charge on any atom is 0.347 e. The lowest BCUT2D eigenvalue weighted by molar-refractivity contribution is -0.384. The monoisotopic (exact) mass is 598 g/mol. The zero-order chi connectivity index (χ0) is 31.1. The van der Waals surface area contributed by atoms with Gasteiger partial charge in [0.1, 0.15) is 5.69 Å². The van der Waals surface area contributed by atoms with Crippen LogP contribution in [-0.4, -0.2) is 73.8 Å². The Balaban J connectivity index is 1.80. The first-order valence-electron chi connectivity index (χ1n) is 14.6. The van der Waals surface area contributed by atoms with E-state index in [9.17, 15) is 19.7 Å². The van der Waals surface area contributed by atoms with E-state index < -0.39 is 33.9 Å². The molecule has 1 aliphatic carbocycles. The molecule has 0 amide bonds. The number of piperazine rings is 1. The third-order valence-electron chi connectivity index (χ3n) is 7.56. The Morgan fingerprint density at radius 1 is 1.12 bits per heavy atom. The molecule has 1 aliphatic heterocycles. The highest BCUT2D eigenvalue weighted by Gasteiger charge is 2.39. The summed E-state index contributed by atoms with van der Waals surface area (Å²) in [6.07, 6.45) is 2.55. The van der Waals surface area contributed by atoms with Crippen molar-refractivity contribution in [1.82, 2.24) is 4.90 Å². The van der Waals surface area contributed by atoms with E-state index in [2.05, 4.69) is 24.0 Å². The van der Waals surface area contributed by atoms with Crippen LogP contribution in [0.4, 0.5) is 21.5 Å². The van der Waals surface area contributed by atoms with Gasteiger partial charge in [0.2, 0.25) is 0 Å². The second-order valence-electron chi connectivity index (χ2n) is 10.6. The molecule has 1 atom stereocenters. The highest BCUT2D eigenvalue weighted by atomic mass is 19.1. The topological polar surface area (TPSA) is 115 Å². The molecule has 0 aromatic heterocycles. The van der Waals surface area contributed by atoms with Crippen LogP contribution in [0.5, 0.6) is 0 Å². The van der Waals surface area contributed by atoms with Gasteiger partial charge in [-0.1, -0.05) is 30.3 Å². The van der Waals surface area contributed by atoms with E-state index in [1.54, 1.807) is 13.8 Å². The molecule has 0 bridgehead atoms. The van der Waals surface area contributed by atoms with Gasteiger partial charge < -0.3 is 24.0 Å². The van der Waals surface area contributed by atoms with E-state index in [0.29, 0.717) is 32.5 Å². The summed E-state index contributed by atoms with van der Waals surface area (Å²) in [7, 11) is 1.44. The Kier molecular flexibility index (Phi) is 10.7. The Labute approximate surface area is 250 Å². The zero-order valence-corrected chi connectivity index (χ0v) is 25.1. The van der Waals surface area contributed by atoms with Crippen molar-refractivity contribution in [1.29, 1.82) is 0 Å². The minimum atomic E-state index is -0.909. The normalized spacial score (nSPS) is 16.9. The predicted octanol–water partition coefficient (Wildman–Crippen LogP) is 4.57. The lowest BCUT2D eigenvalue weighted by atomic mass is 10.0. The molecule has 2 fully saturated rings. The van der Waals surface area contributed by atoms with Crippen LogP contribution in [0.2, 0.25) is 0 Å². The molecule has 2 aliphatic rings. The first-order chi connectivity index (χ1) is 20.7. The number of halogens is 1. The van der Waals surface area contributed by atoms with E-state index in [0.717, 1.165) is 12.6 Å². The van der Waals surface area contributed by atoms with Crippen LogP contribution in [0, 0.1) is 15.9 Å². The van der Waals surface area contributed by atoms with Crippen molar-refractivity contribution in [3.8, 4) is 0 Å². The molecule has 43 heavy (non-hydrogen) atoms. The third kappa shape index (κ3) is 7.49. The van der Waals surface area contributed by atoms with Gasteiger partial charge >= 0.3 is 11.9 Å². The van der Waals surface area contributed by atoms with Crippen molar-refractivity contribution < 1.29 is 33.1 Å². The van der Waals surface area contributed by atoms with Crippen molar-refractivity contribution in [3.63, 3.8) is 0 Å². The number of carbonyl (C=O) groups is 2. The molecule has 0 spiro atoms. The van der Waals surface area contributed by atoms with E-state index in [1.807, 2.05) is 23.1 Å². The number of nitrogens with zero attached hydrogens (tertiary/aromatic N) is 4. The SMILES string of the molecule is CCOC(=O)C(=CN(c1c([N+](=O)[O-])cc(F)c(N2CCN(Cc3ccccc3)C(C)C2)c1COC)C1CC1)C(=O)OCC. The fourth-order valence-electron chi connectivity index (χ4n) is 5.42. The van der Waals surface area contributed by atoms with Crippen LogP contribution in [0.1, 0.15) is 44.7 Å². The van der Waals surface area contributed by atoms with Crippen molar-refractivity contribution >= 4 is 29.0 Å².